The molecule has 0 atom stereocenters. The molecule has 0 bridgehead atoms. The fourth-order valence-electron chi connectivity index (χ4n) is 5.30. The van der Waals surface area contributed by atoms with E-state index in [9.17, 15) is 27.6 Å². The fourth-order valence-corrected chi connectivity index (χ4v) is 6.64. The number of hydrogen-bond donors (Lipinski definition) is 0. The van der Waals surface area contributed by atoms with Crippen molar-refractivity contribution in [2.75, 3.05) is 18.5 Å². The third-order valence-corrected chi connectivity index (χ3v) is 9.47. The predicted octanol–water partition coefficient (Wildman–Crippen LogP) is 5.34. The van der Waals surface area contributed by atoms with Crippen LogP contribution in [0.15, 0.2) is 95.9 Å². The summed E-state index contributed by atoms with van der Waals surface area (Å²) in [5, 5.41) is 1.46. The van der Waals surface area contributed by atoms with E-state index < -0.39 is 33.9 Å². The van der Waals surface area contributed by atoms with E-state index in [1.54, 1.807) is 48.5 Å². The number of hydroxylamine groups is 2. The molecule has 5 aromatic rings. The number of rotatable bonds is 10. The van der Waals surface area contributed by atoms with Crippen molar-refractivity contribution in [2.24, 2.45) is 0 Å². The summed E-state index contributed by atoms with van der Waals surface area (Å²) in [6, 6.07) is 23.9. The van der Waals surface area contributed by atoms with Crippen LogP contribution in [0.5, 0.6) is 17.2 Å². The maximum Gasteiger partial charge on any atom is 0.434 e. The van der Waals surface area contributed by atoms with Gasteiger partial charge in [0.05, 0.1) is 36.6 Å². The molecular formula is C35H29N3O10S. The van der Waals surface area contributed by atoms with Gasteiger partial charge in [0.1, 0.15) is 17.2 Å². The third kappa shape index (κ3) is 6.58. The van der Waals surface area contributed by atoms with Gasteiger partial charge >= 0.3 is 12.1 Å². The molecule has 0 radical (unpaired) electrons. The van der Waals surface area contributed by atoms with E-state index in [1.165, 1.54) is 56.7 Å². The van der Waals surface area contributed by atoms with Crippen molar-refractivity contribution >= 4 is 61.4 Å². The summed E-state index contributed by atoms with van der Waals surface area (Å²) in [4.78, 5) is 59.2. The lowest BCUT2D eigenvalue weighted by Gasteiger charge is -2.24. The highest BCUT2D eigenvalue weighted by Crippen LogP contribution is 2.38. The first-order valence-corrected chi connectivity index (χ1v) is 16.5. The predicted molar refractivity (Wildman–Crippen MR) is 176 cm³/mol. The number of aryl methyl sites for hydroxylation is 1. The Labute approximate surface area is 280 Å². The zero-order chi connectivity index (χ0) is 34.7. The highest BCUT2D eigenvalue weighted by molar-refractivity contribution is 7.93. The van der Waals surface area contributed by atoms with Crippen molar-refractivity contribution in [1.29, 1.82) is 0 Å². The molecular weight excluding hydrogens is 654 g/mol. The summed E-state index contributed by atoms with van der Waals surface area (Å²) in [5.74, 6) is -1.46. The third-order valence-electron chi connectivity index (χ3n) is 7.78. The SMILES string of the molecule is COc1ccc(N(C(=O)Oc2c3ccccc3nc3ccccc23)S(=O)(=O)c2ccc(CCC(=O)ON3C(=O)CCC3=O)cc2)c(OC)c1. The summed E-state index contributed by atoms with van der Waals surface area (Å²) >= 11 is 0. The van der Waals surface area contributed by atoms with E-state index in [-0.39, 0.29) is 47.8 Å². The molecule has 0 saturated carbocycles. The number of fused-ring (bicyclic) bond motifs is 2. The minimum Gasteiger partial charge on any atom is -0.497 e. The van der Waals surface area contributed by atoms with Crippen molar-refractivity contribution in [3.05, 3.63) is 96.6 Å². The van der Waals surface area contributed by atoms with Crippen LogP contribution in [-0.2, 0) is 35.7 Å². The number of nitrogens with zero attached hydrogens (tertiary/aromatic N) is 3. The first-order chi connectivity index (χ1) is 23.6. The standard InChI is InChI=1S/C35H29N3O10S/c1-45-23-14-17-29(30(21-23)46-2)38(35(42)47-34-25-7-3-5-9-27(25)36-28-10-6-4-8-26(28)34)49(43,44)24-15-11-22(12-16-24)13-20-33(41)48-37-31(39)18-19-32(37)40/h3-12,14-17,21H,13,18-20H2,1-2H3. The van der Waals surface area contributed by atoms with Gasteiger partial charge in [0.25, 0.3) is 21.8 Å². The summed E-state index contributed by atoms with van der Waals surface area (Å²) in [6.45, 7) is 0. The van der Waals surface area contributed by atoms with E-state index in [0.717, 1.165) is 0 Å². The number of pyridine rings is 1. The molecule has 3 amide bonds. The monoisotopic (exact) mass is 683 g/mol. The molecule has 6 rings (SSSR count). The molecule has 14 heteroatoms. The van der Waals surface area contributed by atoms with Gasteiger partial charge in [-0.05, 0) is 60.5 Å². The van der Waals surface area contributed by atoms with Crippen molar-refractivity contribution < 1.29 is 46.6 Å². The van der Waals surface area contributed by atoms with Gasteiger partial charge in [-0.3, -0.25) is 9.59 Å². The van der Waals surface area contributed by atoms with Crippen LogP contribution >= 0.6 is 0 Å². The molecule has 250 valence electrons. The number of aromatic nitrogens is 1. The van der Waals surface area contributed by atoms with Crippen LogP contribution in [0.25, 0.3) is 21.8 Å². The van der Waals surface area contributed by atoms with Gasteiger partial charge in [0.15, 0.2) is 5.75 Å². The smallest absolute Gasteiger partial charge is 0.434 e. The topological polar surface area (TPSA) is 159 Å². The van der Waals surface area contributed by atoms with Crippen LogP contribution in [0.2, 0.25) is 0 Å². The lowest BCUT2D eigenvalue weighted by Crippen LogP contribution is -2.39. The fraction of sp³-hybridized carbons (Fsp3) is 0.171. The number of carbonyl (C=O) groups excluding carboxylic acids is 4. The van der Waals surface area contributed by atoms with Gasteiger partial charge in [0.2, 0.25) is 0 Å². The Balaban J connectivity index is 1.33. The van der Waals surface area contributed by atoms with Gasteiger partial charge in [-0.2, -0.15) is 4.31 Å². The second kappa shape index (κ2) is 13.6. The molecule has 49 heavy (non-hydrogen) atoms. The van der Waals surface area contributed by atoms with E-state index in [1.807, 2.05) is 0 Å². The first kappa shape index (κ1) is 32.9. The zero-order valence-electron chi connectivity index (χ0n) is 26.3. The van der Waals surface area contributed by atoms with Crippen LogP contribution in [0.3, 0.4) is 0 Å². The van der Waals surface area contributed by atoms with Crippen LogP contribution in [-0.4, -0.2) is 56.6 Å². The lowest BCUT2D eigenvalue weighted by molar-refractivity contribution is -0.197. The molecule has 0 unspecified atom stereocenters. The number of benzene rings is 4. The van der Waals surface area contributed by atoms with Crippen molar-refractivity contribution in [3.8, 4) is 17.2 Å². The Bertz CT molecular complexity index is 2150. The van der Waals surface area contributed by atoms with Crippen LogP contribution in [0, 0.1) is 0 Å². The van der Waals surface area contributed by atoms with Gasteiger partial charge in [0, 0.05) is 29.7 Å². The molecule has 1 fully saturated rings. The second-order valence-corrected chi connectivity index (χ2v) is 12.6. The van der Waals surface area contributed by atoms with Crippen LogP contribution in [0.1, 0.15) is 24.8 Å². The van der Waals surface area contributed by atoms with Gasteiger partial charge < -0.3 is 19.0 Å². The lowest BCUT2D eigenvalue weighted by atomic mass is 10.1. The molecule has 0 aliphatic carbocycles. The number of imide groups is 1. The quantitative estimate of drug-likeness (QED) is 0.138. The van der Waals surface area contributed by atoms with E-state index in [0.29, 0.717) is 42.5 Å². The second-order valence-electron chi connectivity index (χ2n) is 10.8. The van der Waals surface area contributed by atoms with Crippen LogP contribution < -0.4 is 18.5 Å². The molecule has 1 aliphatic rings. The Morgan fingerprint density at radius 1 is 0.816 bits per heavy atom. The molecule has 1 aliphatic heterocycles. The average Bonchev–Trinajstić information content (AvgIpc) is 3.43. The van der Waals surface area contributed by atoms with Crippen molar-refractivity contribution in [1.82, 2.24) is 10.0 Å². The number of amides is 3. The molecule has 0 N–H and O–H groups in total. The molecule has 13 nitrogen and oxygen atoms in total. The molecule has 0 spiro atoms. The number of methoxy groups -OCH3 is 2. The summed E-state index contributed by atoms with van der Waals surface area (Å²) < 4.78 is 45.9. The van der Waals surface area contributed by atoms with Crippen molar-refractivity contribution in [2.45, 2.75) is 30.6 Å². The highest BCUT2D eigenvalue weighted by atomic mass is 32.2. The number of ether oxygens (including phenoxy) is 3. The number of para-hydroxylation sites is 2. The minimum absolute atomic E-state index is 0.0226. The molecule has 1 saturated heterocycles. The number of anilines is 1. The largest absolute Gasteiger partial charge is 0.497 e. The Morgan fingerprint density at radius 3 is 2.02 bits per heavy atom. The number of carbonyl (C=O) groups is 4. The van der Waals surface area contributed by atoms with E-state index in [4.69, 9.17) is 19.0 Å². The Hall–Kier alpha value is -6.02. The average molecular weight is 684 g/mol. The van der Waals surface area contributed by atoms with Gasteiger partial charge in [-0.25, -0.2) is 23.0 Å². The number of sulfonamides is 1. The summed E-state index contributed by atoms with van der Waals surface area (Å²) in [7, 11) is -1.90. The van der Waals surface area contributed by atoms with Crippen LogP contribution in [0.4, 0.5) is 10.5 Å². The Morgan fingerprint density at radius 2 is 1.43 bits per heavy atom. The van der Waals surface area contributed by atoms with E-state index in [2.05, 4.69) is 4.98 Å². The van der Waals surface area contributed by atoms with Gasteiger partial charge in [-0.15, -0.1) is 5.06 Å². The summed E-state index contributed by atoms with van der Waals surface area (Å²) in [6.07, 6.45) is -1.34. The molecule has 2 heterocycles. The summed E-state index contributed by atoms with van der Waals surface area (Å²) in [5.41, 5.74) is 1.51. The van der Waals surface area contributed by atoms with E-state index >= 15 is 0 Å². The molecule has 1 aromatic heterocycles. The maximum atomic E-state index is 14.3. The maximum absolute atomic E-state index is 14.3. The molecule has 4 aromatic carbocycles. The van der Waals surface area contributed by atoms with Gasteiger partial charge in [-0.1, -0.05) is 36.4 Å². The Kier molecular flexibility index (Phi) is 9.14. The normalized spacial score (nSPS) is 13.1. The highest BCUT2D eigenvalue weighted by Gasteiger charge is 2.36. The first-order valence-electron chi connectivity index (χ1n) is 15.0. The zero-order valence-corrected chi connectivity index (χ0v) is 27.1. The van der Waals surface area contributed by atoms with Crippen molar-refractivity contribution in [3.63, 3.8) is 0 Å². The minimum atomic E-state index is -4.66. The number of hydrogen-bond acceptors (Lipinski definition) is 11.